The molecule has 5 nitrogen and oxygen atoms in total. The van der Waals surface area contributed by atoms with Gasteiger partial charge < -0.3 is 15.7 Å². The lowest BCUT2D eigenvalue weighted by Crippen LogP contribution is -2.30. The van der Waals surface area contributed by atoms with Crippen LogP contribution in [0.2, 0.25) is 0 Å². The second-order valence-electron chi connectivity index (χ2n) is 6.99. The molecule has 0 amide bonds. The van der Waals surface area contributed by atoms with Gasteiger partial charge in [-0.25, -0.2) is 9.37 Å². The average Bonchev–Trinajstić information content (AvgIpc) is 2.72. The molecule has 3 rings (SSSR count). The third-order valence-electron chi connectivity index (χ3n) is 4.50. The highest BCUT2D eigenvalue weighted by molar-refractivity contribution is 5.64. The molecule has 1 heterocycles. The fraction of sp³-hybridized carbons (Fsp3) is 0.273. The molecule has 1 atom stereocenters. The summed E-state index contributed by atoms with van der Waals surface area (Å²) < 4.78 is 13.1. The Morgan fingerprint density at radius 1 is 1.00 bits per heavy atom. The lowest BCUT2D eigenvalue weighted by Gasteiger charge is -2.20. The van der Waals surface area contributed by atoms with E-state index in [9.17, 15) is 9.50 Å². The predicted octanol–water partition coefficient (Wildman–Crippen LogP) is 4.32. The molecule has 28 heavy (non-hydrogen) atoms. The Balaban J connectivity index is 1.87. The molecule has 0 aliphatic rings. The van der Waals surface area contributed by atoms with Gasteiger partial charge in [-0.3, -0.25) is 0 Å². The summed E-state index contributed by atoms with van der Waals surface area (Å²) in [6, 6.07) is 17.9. The molecule has 1 aromatic heterocycles. The van der Waals surface area contributed by atoms with Crippen LogP contribution < -0.4 is 10.6 Å². The van der Waals surface area contributed by atoms with E-state index in [2.05, 4.69) is 20.6 Å². The van der Waals surface area contributed by atoms with Crippen LogP contribution in [0.3, 0.4) is 0 Å². The minimum absolute atomic E-state index is 0.00503. The summed E-state index contributed by atoms with van der Waals surface area (Å²) in [4.78, 5) is 9.16. The smallest absolute Gasteiger partial charge is 0.225 e. The third-order valence-corrected chi connectivity index (χ3v) is 4.50. The topological polar surface area (TPSA) is 70.1 Å². The van der Waals surface area contributed by atoms with E-state index in [1.165, 1.54) is 12.1 Å². The highest BCUT2D eigenvalue weighted by atomic mass is 19.1. The molecule has 3 N–H and O–H groups in total. The summed E-state index contributed by atoms with van der Waals surface area (Å²) in [5.74, 6) is 1.08. The molecular formula is C22H25FN4O. The maximum atomic E-state index is 13.1. The first-order valence-electron chi connectivity index (χ1n) is 9.35. The number of anilines is 2. The SMILES string of the molecule is CC(C)[C@H](CO)Nc1nc(NCc2ccc(F)cc2)cc(-c2ccccc2)n1. The number of hydrogen-bond acceptors (Lipinski definition) is 5. The van der Waals surface area contributed by atoms with Gasteiger partial charge in [-0.1, -0.05) is 56.3 Å². The molecule has 0 radical (unpaired) electrons. The summed E-state index contributed by atoms with van der Waals surface area (Å²) in [6.45, 7) is 4.57. The van der Waals surface area contributed by atoms with Crippen LogP contribution in [0.1, 0.15) is 19.4 Å². The van der Waals surface area contributed by atoms with E-state index in [0.717, 1.165) is 16.8 Å². The highest BCUT2D eigenvalue weighted by Crippen LogP contribution is 2.22. The van der Waals surface area contributed by atoms with E-state index in [1.807, 2.05) is 50.2 Å². The Bertz CT molecular complexity index is 885. The molecule has 2 aromatic carbocycles. The van der Waals surface area contributed by atoms with Crippen LogP contribution in [0, 0.1) is 11.7 Å². The van der Waals surface area contributed by atoms with E-state index < -0.39 is 0 Å². The van der Waals surface area contributed by atoms with Crippen molar-refractivity contribution in [3.8, 4) is 11.3 Å². The molecule has 0 unspecified atom stereocenters. The number of aromatic nitrogens is 2. The third kappa shape index (κ3) is 5.27. The van der Waals surface area contributed by atoms with Crippen LogP contribution in [0.15, 0.2) is 60.7 Å². The Labute approximate surface area is 164 Å². The molecule has 0 saturated heterocycles. The maximum Gasteiger partial charge on any atom is 0.225 e. The molecule has 146 valence electrons. The fourth-order valence-electron chi connectivity index (χ4n) is 2.74. The van der Waals surface area contributed by atoms with Crippen molar-refractivity contribution in [3.63, 3.8) is 0 Å². The Morgan fingerprint density at radius 2 is 1.71 bits per heavy atom. The van der Waals surface area contributed by atoms with Gasteiger partial charge in [-0.2, -0.15) is 4.98 Å². The van der Waals surface area contributed by atoms with Gasteiger partial charge in [0.15, 0.2) is 0 Å². The van der Waals surface area contributed by atoms with Crippen molar-refractivity contribution in [2.75, 3.05) is 17.2 Å². The minimum Gasteiger partial charge on any atom is -0.394 e. The van der Waals surface area contributed by atoms with Gasteiger partial charge >= 0.3 is 0 Å². The lowest BCUT2D eigenvalue weighted by atomic mass is 10.1. The quantitative estimate of drug-likeness (QED) is 0.543. The number of nitrogens with zero attached hydrogens (tertiary/aromatic N) is 2. The van der Waals surface area contributed by atoms with Gasteiger partial charge in [0, 0.05) is 18.2 Å². The average molecular weight is 380 g/mol. The second-order valence-corrected chi connectivity index (χ2v) is 6.99. The van der Waals surface area contributed by atoms with Gasteiger partial charge in [0.2, 0.25) is 5.95 Å². The summed E-state index contributed by atoms with van der Waals surface area (Å²) in [5.41, 5.74) is 2.70. The maximum absolute atomic E-state index is 13.1. The van der Waals surface area contributed by atoms with Gasteiger partial charge in [0.25, 0.3) is 0 Å². The molecule has 0 spiro atoms. The number of rotatable bonds is 8. The number of aliphatic hydroxyl groups is 1. The lowest BCUT2D eigenvalue weighted by molar-refractivity contribution is 0.248. The Morgan fingerprint density at radius 3 is 2.36 bits per heavy atom. The Hall–Kier alpha value is -2.99. The monoisotopic (exact) mass is 380 g/mol. The summed E-state index contributed by atoms with van der Waals surface area (Å²) >= 11 is 0. The zero-order valence-electron chi connectivity index (χ0n) is 16.1. The van der Waals surface area contributed by atoms with Gasteiger partial charge in [0.05, 0.1) is 18.3 Å². The number of hydrogen-bond donors (Lipinski definition) is 3. The van der Waals surface area contributed by atoms with E-state index in [1.54, 1.807) is 12.1 Å². The standard InChI is InChI=1S/C22H25FN4O/c1-15(2)20(14-28)26-22-25-19(17-6-4-3-5-7-17)12-21(27-22)24-13-16-8-10-18(23)11-9-16/h3-12,15,20,28H,13-14H2,1-2H3,(H2,24,25,26,27)/t20-/m0/s1. The van der Waals surface area contributed by atoms with Crippen molar-refractivity contribution in [1.29, 1.82) is 0 Å². The predicted molar refractivity (Wildman–Crippen MR) is 111 cm³/mol. The molecule has 0 aliphatic carbocycles. The Kier molecular flexibility index (Phi) is 6.55. The zero-order chi connectivity index (χ0) is 19.9. The van der Waals surface area contributed by atoms with Crippen molar-refractivity contribution in [2.24, 2.45) is 5.92 Å². The van der Waals surface area contributed by atoms with E-state index >= 15 is 0 Å². The summed E-state index contributed by atoms with van der Waals surface area (Å²) in [7, 11) is 0. The van der Waals surface area contributed by atoms with Crippen molar-refractivity contribution >= 4 is 11.8 Å². The second kappa shape index (κ2) is 9.28. The number of aliphatic hydroxyl groups excluding tert-OH is 1. The van der Waals surface area contributed by atoms with Crippen molar-refractivity contribution in [2.45, 2.75) is 26.4 Å². The largest absolute Gasteiger partial charge is 0.394 e. The van der Waals surface area contributed by atoms with Crippen molar-refractivity contribution < 1.29 is 9.50 Å². The molecule has 0 aliphatic heterocycles. The van der Waals surface area contributed by atoms with Gasteiger partial charge in [-0.05, 0) is 23.6 Å². The zero-order valence-corrected chi connectivity index (χ0v) is 16.1. The fourth-order valence-corrected chi connectivity index (χ4v) is 2.74. The number of halogens is 1. The van der Waals surface area contributed by atoms with Gasteiger partial charge in [-0.15, -0.1) is 0 Å². The number of benzene rings is 2. The van der Waals surface area contributed by atoms with E-state index in [0.29, 0.717) is 18.3 Å². The van der Waals surface area contributed by atoms with Crippen LogP contribution in [-0.2, 0) is 6.54 Å². The molecule has 0 bridgehead atoms. The van der Waals surface area contributed by atoms with E-state index in [4.69, 9.17) is 0 Å². The van der Waals surface area contributed by atoms with Crippen molar-refractivity contribution in [1.82, 2.24) is 9.97 Å². The van der Waals surface area contributed by atoms with Crippen molar-refractivity contribution in [3.05, 3.63) is 72.0 Å². The van der Waals surface area contributed by atoms with Gasteiger partial charge in [0.1, 0.15) is 11.6 Å². The first-order chi connectivity index (χ1) is 13.5. The molecule has 3 aromatic rings. The number of nitrogens with one attached hydrogen (secondary N) is 2. The van der Waals surface area contributed by atoms with Crippen LogP contribution in [0.25, 0.3) is 11.3 Å². The summed E-state index contributed by atoms with van der Waals surface area (Å²) in [5, 5.41) is 16.1. The van der Waals surface area contributed by atoms with Crippen LogP contribution in [-0.4, -0.2) is 27.7 Å². The van der Waals surface area contributed by atoms with E-state index in [-0.39, 0.29) is 24.4 Å². The summed E-state index contributed by atoms with van der Waals surface area (Å²) in [6.07, 6.45) is 0. The first kappa shape index (κ1) is 19.8. The first-order valence-corrected chi connectivity index (χ1v) is 9.35. The van der Waals surface area contributed by atoms with Crippen LogP contribution >= 0.6 is 0 Å². The molecule has 0 saturated carbocycles. The normalized spacial score (nSPS) is 12.0. The minimum atomic E-state index is -0.257. The highest BCUT2D eigenvalue weighted by Gasteiger charge is 2.15. The van der Waals surface area contributed by atoms with Crippen LogP contribution in [0.4, 0.5) is 16.2 Å². The molecule has 0 fully saturated rings. The molecular weight excluding hydrogens is 355 g/mol. The molecule has 6 heteroatoms. The van der Waals surface area contributed by atoms with Crippen LogP contribution in [0.5, 0.6) is 0 Å².